The van der Waals surface area contributed by atoms with Crippen LogP contribution in [-0.4, -0.2) is 9.36 Å². The van der Waals surface area contributed by atoms with E-state index in [2.05, 4.69) is 16.8 Å². The molecule has 3 aromatic carbocycles. The zero-order chi connectivity index (χ0) is 16.5. The highest BCUT2D eigenvalue weighted by Crippen LogP contribution is 2.17. The van der Waals surface area contributed by atoms with Crippen molar-refractivity contribution in [2.75, 3.05) is 0 Å². The van der Waals surface area contributed by atoms with Gasteiger partial charge in [-0.25, -0.2) is 4.68 Å². The van der Waals surface area contributed by atoms with Crippen molar-refractivity contribution in [1.82, 2.24) is 9.36 Å². The number of aryl methyl sites for hydroxylation is 1. The minimum atomic E-state index is 0.0189. The van der Waals surface area contributed by atoms with E-state index in [9.17, 15) is 4.79 Å². The first-order chi connectivity index (χ1) is 11.7. The highest BCUT2D eigenvalue weighted by molar-refractivity contribution is 5.79. The van der Waals surface area contributed by atoms with Crippen LogP contribution < -0.4 is 5.56 Å². The number of rotatable bonds is 3. The summed E-state index contributed by atoms with van der Waals surface area (Å²) in [5.41, 5.74) is 4.20. The fourth-order valence-electron chi connectivity index (χ4n) is 3.07. The van der Waals surface area contributed by atoms with Crippen LogP contribution in [0.5, 0.6) is 0 Å². The van der Waals surface area contributed by atoms with Crippen LogP contribution >= 0.6 is 0 Å². The smallest absolute Gasteiger partial charge is 0.273 e. The molecule has 0 unspecified atom stereocenters. The van der Waals surface area contributed by atoms with Crippen molar-refractivity contribution >= 4 is 10.9 Å². The van der Waals surface area contributed by atoms with Gasteiger partial charge >= 0.3 is 0 Å². The summed E-state index contributed by atoms with van der Waals surface area (Å²) in [6.45, 7) is 2.70. The molecular weight excluding hydrogens is 296 g/mol. The lowest BCUT2D eigenvalue weighted by molar-refractivity contribution is 0.612. The van der Waals surface area contributed by atoms with E-state index >= 15 is 0 Å². The second-order valence-electron chi connectivity index (χ2n) is 6.01. The van der Waals surface area contributed by atoms with Gasteiger partial charge in [-0.05, 0) is 36.8 Å². The Kier molecular flexibility index (Phi) is 3.54. The molecule has 0 amide bonds. The van der Waals surface area contributed by atoms with Gasteiger partial charge in [-0.15, -0.1) is 0 Å². The van der Waals surface area contributed by atoms with Gasteiger partial charge in [0.25, 0.3) is 5.56 Å². The summed E-state index contributed by atoms with van der Waals surface area (Å²) in [4.78, 5) is 13.0. The van der Waals surface area contributed by atoms with Crippen LogP contribution in [-0.2, 0) is 6.54 Å². The number of para-hydroxylation sites is 1. The molecular formula is C21H18N2O. The fraction of sp³-hybridized carbons (Fsp3) is 0.0952. The van der Waals surface area contributed by atoms with Crippen LogP contribution in [0.3, 0.4) is 0 Å². The summed E-state index contributed by atoms with van der Waals surface area (Å²) in [7, 11) is 0. The van der Waals surface area contributed by atoms with E-state index in [0.717, 1.165) is 16.6 Å². The van der Waals surface area contributed by atoms with Gasteiger partial charge in [0.2, 0.25) is 0 Å². The van der Waals surface area contributed by atoms with Crippen LogP contribution in [0.1, 0.15) is 11.1 Å². The Morgan fingerprint density at radius 3 is 2.21 bits per heavy atom. The van der Waals surface area contributed by atoms with E-state index < -0.39 is 0 Å². The standard InChI is InChI=1S/C21H18N2O/c1-16-11-13-18(14-12-16)23-21(24)19-9-5-6-10-20(19)22(23)15-17-7-3-2-4-8-17/h2-14H,15H2,1H3. The van der Waals surface area contributed by atoms with Gasteiger partial charge in [0.15, 0.2) is 0 Å². The molecule has 3 nitrogen and oxygen atoms in total. The molecule has 118 valence electrons. The molecule has 0 N–H and O–H groups in total. The van der Waals surface area contributed by atoms with Gasteiger partial charge < -0.3 is 0 Å². The summed E-state index contributed by atoms with van der Waals surface area (Å²) in [6, 6.07) is 26.1. The monoisotopic (exact) mass is 314 g/mol. The summed E-state index contributed by atoms with van der Waals surface area (Å²) < 4.78 is 3.83. The van der Waals surface area contributed by atoms with Gasteiger partial charge in [-0.3, -0.25) is 9.48 Å². The molecule has 0 spiro atoms. The van der Waals surface area contributed by atoms with Crippen molar-refractivity contribution in [2.45, 2.75) is 13.5 Å². The molecule has 0 bridgehead atoms. The van der Waals surface area contributed by atoms with E-state index in [1.54, 1.807) is 4.68 Å². The molecule has 4 rings (SSSR count). The zero-order valence-corrected chi connectivity index (χ0v) is 13.5. The molecule has 0 atom stereocenters. The lowest BCUT2D eigenvalue weighted by atomic mass is 10.2. The SMILES string of the molecule is Cc1ccc(-n2c(=O)c3ccccc3n2Cc2ccccc2)cc1. The van der Waals surface area contributed by atoms with Crippen LogP contribution in [0.15, 0.2) is 83.7 Å². The topological polar surface area (TPSA) is 26.9 Å². The molecule has 0 fully saturated rings. The first kappa shape index (κ1) is 14.5. The van der Waals surface area contributed by atoms with E-state index in [1.165, 1.54) is 11.1 Å². The van der Waals surface area contributed by atoms with Gasteiger partial charge in [0, 0.05) is 0 Å². The number of aromatic nitrogens is 2. The van der Waals surface area contributed by atoms with Crippen molar-refractivity contribution in [2.24, 2.45) is 0 Å². The molecule has 1 heterocycles. The minimum Gasteiger partial charge on any atom is -0.273 e. The van der Waals surface area contributed by atoms with Crippen LogP contribution in [0.4, 0.5) is 0 Å². The number of benzene rings is 3. The number of fused-ring (bicyclic) bond motifs is 1. The van der Waals surface area contributed by atoms with Crippen molar-refractivity contribution in [3.8, 4) is 5.69 Å². The maximum atomic E-state index is 13.0. The van der Waals surface area contributed by atoms with Crippen LogP contribution in [0, 0.1) is 6.92 Å². The first-order valence-electron chi connectivity index (χ1n) is 8.05. The summed E-state index contributed by atoms with van der Waals surface area (Å²) in [5, 5.41) is 0.744. The number of nitrogens with zero attached hydrogens (tertiary/aromatic N) is 2. The second-order valence-corrected chi connectivity index (χ2v) is 6.01. The number of hydrogen-bond acceptors (Lipinski definition) is 1. The van der Waals surface area contributed by atoms with Crippen molar-refractivity contribution in [3.63, 3.8) is 0 Å². The average molecular weight is 314 g/mol. The maximum Gasteiger partial charge on any atom is 0.279 e. The van der Waals surface area contributed by atoms with E-state index in [1.807, 2.05) is 73.7 Å². The molecule has 4 aromatic rings. The maximum absolute atomic E-state index is 13.0. The Labute approximate surface area is 140 Å². The minimum absolute atomic E-state index is 0.0189. The molecule has 0 radical (unpaired) electrons. The summed E-state index contributed by atoms with van der Waals surface area (Å²) in [6.07, 6.45) is 0. The van der Waals surface area contributed by atoms with Gasteiger partial charge in [0.05, 0.1) is 23.1 Å². The fourth-order valence-corrected chi connectivity index (χ4v) is 3.07. The summed E-state index contributed by atoms with van der Waals surface area (Å²) in [5.74, 6) is 0. The molecule has 0 aliphatic rings. The molecule has 0 aliphatic carbocycles. The molecule has 0 saturated heterocycles. The van der Waals surface area contributed by atoms with Gasteiger partial charge in [0.1, 0.15) is 0 Å². The van der Waals surface area contributed by atoms with E-state index in [4.69, 9.17) is 0 Å². The molecule has 24 heavy (non-hydrogen) atoms. The Balaban J connectivity index is 1.97. The molecule has 0 aliphatic heterocycles. The van der Waals surface area contributed by atoms with Crippen LogP contribution in [0.2, 0.25) is 0 Å². The summed E-state index contributed by atoms with van der Waals surface area (Å²) >= 11 is 0. The van der Waals surface area contributed by atoms with Gasteiger partial charge in [-0.1, -0.05) is 60.2 Å². The van der Waals surface area contributed by atoms with Crippen molar-refractivity contribution < 1.29 is 0 Å². The van der Waals surface area contributed by atoms with E-state index in [0.29, 0.717) is 6.54 Å². The Bertz CT molecular complexity index is 1040. The van der Waals surface area contributed by atoms with E-state index in [-0.39, 0.29) is 5.56 Å². The highest BCUT2D eigenvalue weighted by Gasteiger charge is 2.14. The Morgan fingerprint density at radius 2 is 1.46 bits per heavy atom. The van der Waals surface area contributed by atoms with Crippen molar-refractivity contribution in [1.29, 1.82) is 0 Å². The molecule has 0 saturated carbocycles. The third-order valence-electron chi connectivity index (χ3n) is 4.30. The predicted molar refractivity (Wildman–Crippen MR) is 97.8 cm³/mol. The van der Waals surface area contributed by atoms with Crippen molar-refractivity contribution in [3.05, 3.63) is 100 Å². The molecule has 1 aromatic heterocycles. The second kappa shape index (κ2) is 5.85. The molecule has 3 heteroatoms. The third-order valence-corrected chi connectivity index (χ3v) is 4.30. The Morgan fingerprint density at radius 1 is 0.792 bits per heavy atom. The predicted octanol–water partition coefficient (Wildman–Crippen LogP) is 4.15. The normalized spacial score (nSPS) is 11.0. The zero-order valence-electron chi connectivity index (χ0n) is 13.5. The highest BCUT2D eigenvalue weighted by atomic mass is 16.1. The quantitative estimate of drug-likeness (QED) is 0.558. The lowest BCUT2D eigenvalue weighted by Gasteiger charge is -2.13. The third kappa shape index (κ3) is 2.44. The largest absolute Gasteiger partial charge is 0.279 e. The first-order valence-corrected chi connectivity index (χ1v) is 8.05. The lowest BCUT2D eigenvalue weighted by Crippen LogP contribution is -2.21. The van der Waals surface area contributed by atoms with Gasteiger partial charge in [-0.2, -0.15) is 0 Å². The van der Waals surface area contributed by atoms with Crippen LogP contribution in [0.25, 0.3) is 16.6 Å². The number of hydrogen-bond donors (Lipinski definition) is 0. The average Bonchev–Trinajstić information content (AvgIpc) is 2.89. The Hall–Kier alpha value is -3.07.